The molecule has 212 valence electrons. The number of carbonyl (C=O) groups is 1. The first kappa shape index (κ1) is 32.5. The number of nitrogens with one attached hydrogen (secondary N) is 1. The summed E-state index contributed by atoms with van der Waals surface area (Å²) in [4.78, 5) is 14.2. The van der Waals surface area contributed by atoms with Gasteiger partial charge in [0.2, 0.25) is 5.91 Å². The van der Waals surface area contributed by atoms with Crippen molar-refractivity contribution in [3.05, 3.63) is 85.0 Å². The minimum absolute atomic E-state index is 0.108. The van der Waals surface area contributed by atoms with Crippen molar-refractivity contribution in [2.45, 2.75) is 40.0 Å². The minimum Gasteiger partial charge on any atom is -0.382 e. The summed E-state index contributed by atoms with van der Waals surface area (Å²) in [6.07, 6.45) is 8.15. The second-order valence-electron chi connectivity index (χ2n) is 9.84. The lowest BCUT2D eigenvalue weighted by atomic mass is 9.82. The van der Waals surface area contributed by atoms with Crippen molar-refractivity contribution in [2.24, 2.45) is 5.41 Å². The fourth-order valence-electron chi connectivity index (χ4n) is 4.28. The Kier molecular flexibility index (Phi) is 14.3. The van der Waals surface area contributed by atoms with E-state index in [1.807, 2.05) is 74.5 Å². The molecular formula is C32H45N2O4S+. The summed E-state index contributed by atoms with van der Waals surface area (Å²) in [5, 5.41) is 3.13. The van der Waals surface area contributed by atoms with Gasteiger partial charge in [-0.1, -0.05) is 61.5 Å². The zero-order chi connectivity index (χ0) is 28.6. The lowest BCUT2D eigenvalue weighted by Gasteiger charge is -2.36. The Balaban J connectivity index is 2.27. The highest BCUT2D eigenvalue weighted by atomic mass is 32.1. The first-order valence-corrected chi connectivity index (χ1v) is 14.0. The largest absolute Gasteiger partial charge is 0.382 e. The van der Waals surface area contributed by atoms with Crippen LogP contribution in [0.25, 0.3) is 0 Å². The van der Waals surface area contributed by atoms with Crippen LogP contribution in [0.5, 0.6) is 0 Å². The van der Waals surface area contributed by atoms with Crippen molar-refractivity contribution < 1.29 is 19.0 Å². The molecule has 2 atom stereocenters. The highest BCUT2D eigenvalue weighted by Gasteiger charge is 2.35. The van der Waals surface area contributed by atoms with Crippen LogP contribution in [-0.2, 0) is 25.4 Å². The van der Waals surface area contributed by atoms with E-state index in [1.165, 1.54) is 0 Å². The van der Waals surface area contributed by atoms with Gasteiger partial charge in [0.05, 0.1) is 38.4 Å². The molecule has 0 aliphatic rings. The molecule has 39 heavy (non-hydrogen) atoms. The maximum Gasteiger partial charge on any atom is 0.234 e. The Morgan fingerprint density at radius 2 is 1.85 bits per heavy atom. The third-order valence-electron chi connectivity index (χ3n) is 6.77. The highest BCUT2D eigenvalue weighted by molar-refractivity contribution is 7.80. The van der Waals surface area contributed by atoms with Crippen molar-refractivity contribution >= 4 is 34.5 Å². The number of anilines is 1. The second-order valence-corrected chi connectivity index (χ2v) is 10.4. The van der Waals surface area contributed by atoms with Gasteiger partial charge >= 0.3 is 0 Å². The van der Waals surface area contributed by atoms with Crippen molar-refractivity contribution in [2.75, 3.05) is 52.1 Å². The van der Waals surface area contributed by atoms with Gasteiger partial charge in [-0.3, -0.25) is 4.79 Å². The van der Waals surface area contributed by atoms with Crippen molar-refractivity contribution in [1.29, 1.82) is 0 Å². The van der Waals surface area contributed by atoms with Crippen LogP contribution in [0.2, 0.25) is 0 Å². The third-order valence-corrected chi connectivity index (χ3v) is 7.12. The molecule has 2 aromatic carbocycles. The fraction of sp³-hybridized carbons (Fsp3) is 0.438. The zero-order valence-electron chi connectivity index (χ0n) is 24.0. The summed E-state index contributed by atoms with van der Waals surface area (Å²) in [7, 11) is 1.66. The molecule has 7 heteroatoms. The van der Waals surface area contributed by atoms with E-state index in [0.717, 1.165) is 29.1 Å². The van der Waals surface area contributed by atoms with E-state index in [9.17, 15) is 4.79 Å². The number of ether oxygens (including phenoxy) is 3. The number of methoxy groups -OCH3 is 1. The van der Waals surface area contributed by atoms with E-state index in [2.05, 4.69) is 24.9 Å². The average molecular weight is 554 g/mol. The van der Waals surface area contributed by atoms with Crippen LogP contribution in [0, 0.1) is 5.41 Å². The Morgan fingerprint density at radius 3 is 2.51 bits per heavy atom. The standard InChI is InChI=1S/C32H44N2O4S/c1-6-8-12-20-38-26-34(27(3)39,19-14-21-37-23-22-36-5)30-18-13-17-29(24-30)33-31(35)32(4,7-2)25-28-15-10-9-11-16-28/h7-13,15-18,24H,2,6,14,19-23,25-26H2,1,3-5H3/p+1. The van der Waals surface area contributed by atoms with Crippen molar-refractivity contribution in [3.63, 3.8) is 0 Å². The van der Waals surface area contributed by atoms with Crippen molar-refractivity contribution in [1.82, 2.24) is 4.48 Å². The Labute approximate surface area is 240 Å². The molecule has 2 unspecified atom stereocenters. The van der Waals surface area contributed by atoms with E-state index >= 15 is 0 Å². The van der Waals surface area contributed by atoms with Crippen LogP contribution in [0.1, 0.15) is 39.2 Å². The SMILES string of the molecule is C=CC(C)(Cc1ccccc1)C(=O)Nc1cccc([N+](CCCOCCOC)(COCC=CCC)C(C)=S)c1. The number of benzene rings is 2. The molecule has 2 rings (SSSR count). The van der Waals surface area contributed by atoms with Gasteiger partial charge in [-0.15, -0.1) is 6.58 Å². The molecule has 0 bridgehead atoms. The zero-order valence-corrected chi connectivity index (χ0v) is 24.8. The number of quaternary nitrogens is 1. The molecule has 0 heterocycles. The molecule has 0 fully saturated rings. The van der Waals surface area contributed by atoms with Crippen LogP contribution in [0.15, 0.2) is 79.4 Å². The molecule has 6 nitrogen and oxygen atoms in total. The Hall–Kier alpha value is -2.68. The van der Waals surface area contributed by atoms with E-state index in [4.69, 9.17) is 26.4 Å². The van der Waals surface area contributed by atoms with E-state index < -0.39 is 5.41 Å². The van der Waals surface area contributed by atoms with Crippen LogP contribution in [0.3, 0.4) is 0 Å². The topological polar surface area (TPSA) is 56.8 Å². The average Bonchev–Trinajstić information content (AvgIpc) is 2.94. The Morgan fingerprint density at radius 1 is 1.08 bits per heavy atom. The van der Waals surface area contributed by atoms with Crippen LogP contribution in [0.4, 0.5) is 11.4 Å². The summed E-state index contributed by atoms with van der Waals surface area (Å²) in [6.45, 7) is 13.2. The molecule has 0 spiro atoms. The van der Waals surface area contributed by atoms with Gasteiger partial charge in [0, 0.05) is 32.2 Å². The first-order valence-electron chi connectivity index (χ1n) is 13.6. The molecule has 0 aliphatic carbocycles. The molecular weight excluding hydrogens is 508 g/mol. The van der Waals surface area contributed by atoms with Crippen LogP contribution < -0.4 is 9.80 Å². The monoisotopic (exact) mass is 553 g/mol. The summed E-state index contributed by atoms with van der Waals surface area (Å²) < 4.78 is 17.3. The van der Waals surface area contributed by atoms with Gasteiger partial charge in [0.25, 0.3) is 0 Å². The number of carbonyl (C=O) groups excluding carboxylic acids is 1. The molecule has 0 saturated carbocycles. The number of thiocarbonyl (C=S) groups is 1. The second kappa shape index (κ2) is 17.1. The summed E-state index contributed by atoms with van der Waals surface area (Å²) >= 11 is 5.83. The predicted molar refractivity (Wildman–Crippen MR) is 166 cm³/mol. The highest BCUT2D eigenvalue weighted by Crippen LogP contribution is 2.31. The quantitative estimate of drug-likeness (QED) is 0.0731. The molecule has 2 aromatic rings. The maximum atomic E-state index is 13.5. The van der Waals surface area contributed by atoms with E-state index in [-0.39, 0.29) is 5.91 Å². The number of rotatable bonds is 18. The molecule has 0 aromatic heterocycles. The van der Waals surface area contributed by atoms with Crippen molar-refractivity contribution in [3.8, 4) is 0 Å². The normalized spacial score (nSPS) is 14.5. The molecule has 1 amide bonds. The summed E-state index contributed by atoms with van der Waals surface area (Å²) in [6, 6.07) is 17.9. The molecule has 0 saturated heterocycles. The number of hydrogen-bond acceptors (Lipinski definition) is 5. The van der Waals surface area contributed by atoms with E-state index in [0.29, 0.717) is 56.3 Å². The third kappa shape index (κ3) is 10.1. The number of nitrogens with zero attached hydrogens (tertiary/aromatic N) is 1. The molecule has 0 aliphatic heterocycles. The van der Waals surface area contributed by atoms with Gasteiger partial charge in [-0.25, -0.2) is 4.48 Å². The van der Waals surface area contributed by atoms with Gasteiger partial charge in [0.15, 0.2) is 11.7 Å². The maximum absolute atomic E-state index is 13.5. The first-order chi connectivity index (χ1) is 18.8. The minimum atomic E-state index is -0.766. The molecule has 0 radical (unpaired) electrons. The van der Waals surface area contributed by atoms with Crippen LogP contribution >= 0.6 is 12.2 Å². The van der Waals surface area contributed by atoms with E-state index in [1.54, 1.807) is 13.2 Å². The number of allylic oxidation sites excluding steroid dienone is 1. The molecule has 1 N–H and O–H groups in total. The predicted octanol–water partition coefficient (Wildman–Crippen LogP) is 6.71. The lowest BCUT2D eigenvalue weighted by molar-refractivity contribution is -0.122. The van der Waals surface area contributed by atoms with Gasteiger partial charge in [-0.05, 0) is 49.7 Å². The smallest absolute Gasteiger partial charge is 0.234 e. The lowest BCUT2D eigenvalue weighted by Crippen LogP contribution is -2.54. The summed E-state index contributed by atoms with van der Waals surface area (Å²) in [5.41, 5.74) is 1.98. The summed E-state index contributed by atoms with van der Waals surface area (Å²) in [5.74, 6) is -0.108. The number of amides is 1. The fourth-order valence-corrected chi connectivity index (χ4v) is 4.53. The van der Waals surface area contributed by atoms with Crippen LogP contribution in [-0.4, -0.2) is 57.7 Å². The Bertz CT molecular complexity index is 1070. The number of hydrogen-bond donors (Lipinski definition) is 1. The van der Waals surface area contributed by atoms with Gasteiger partial charge in [0.1, 0.15) is 5.69 Å². The van der Waals surface area contributed by atoms with Gasteiger partial charge < -0.3 is 19.5 Å². The van der Waals surface area contributed by atoms with Gasteiger partial charge in [-0.2, -0.15) is 0 Å².